The van der Waals surface area contributed by atoms with Crippen LogP contribution in [0.5, 0.6) is 0 Å². The monoisotopic (exact) mass is 473 g/mol. The van der Waals surface area contributed by atoms with Gasteiger partial charge in [-0.05, 0) is 50.2 Å². The van der Waals surface area contributed by atoms with Crippen molar-refractivity contribution in [2.75, 3.05) is 0 Å². The Morgan fingerprint density at radius 1 is 1.18 bits per heavy atom. The standard InChI is InChI=1S/C28H43NO5/c1-17-13-11-9-10-12-14-24(18(2)15-23-21(5)33-22(6)29-23)34-26(31)16-25(30)28(7,8)27(32)20(4)19(17)3/h10,12,15,17,19-20,24-25,30H,9,11,13-14,16H2,1-8H3/b12-10-,18-15+/t17-,19-,20+,24-,25-/m0/s1. The molecule has 0 bridgehead atoms. The van der Waals surface area contributed by atoms with Crippen molar-refractivity contribution in [1.29, 1.82) is 0 Å². The predicted octanol–water partition coefficient (Wildman–Crippen LogP) is 5.99. The van der Waals surface area contributed by atoms with E-state index in [1.807, 2.05) is 26.8 Å². The average Bonchev–Trinajstić information content (AvgIpc) is 3.08. The number of aliphatic hydroxyl groups is 1. The highest BCUT2D eigenvalue weighted by Crippen LogP contribution is 2.34. The molecule has 6 nitrogen and oxygen atoms in total. The Hall–Kier alpha value is -2.21. The van der Waals surface area contributed by atoms with Crippen LogP contribution in [-0.2, 0) is 14.3 Å². The molecule has 2 heterocycles. The summed E-state index contributed by atoms with van der Waals surface area (Å²) < 4.78 is 11.3. The van der Waals surface area contributed by atoms with E-state index in [9.17, 15) is 14.7 Å². The Bertz CT molecular complexity index is 910. The normalized spacial score (nSPS) is 31.2. The molecule has 1 aromatic rings. The number of aromatic nitrogens is 1. The van der Waals surface area contributed by atoms with Gasteiger partial charge in [-0.25, -0.2) is 4.98 Å². The van der Waals surface area contributed by atoms with Gasteiger partial charge in [0.15, 0.2) is 5.89 Å². The maximum absolute atomic E-state index is 13.3. The van der Waals surface area contributed by atoms with Gasteiger partial charge in [-0.3, -0.25) is 9.59 Å². The van der Waals surface area contributed by atoms with Crippen LogP contribution < -0.4 is 0 Å². The lowest BCUT2D eigenvalue weighted by Crippen LogP contribution is -2.44. The van der Waals surface area contributed by atoms with Gasteiger partial charge in [-0.2, -0.15) is 0 Å². The molecule has 0 fully saturated rings. The number of esters is 1. The molecule has 0 aromatic carbocycles. The number of ketones is 1. The minimum absolute atomic E-state index is 0.0105. The van der Waals surface area contributed by atoms with Crippen LogP contribution in [0.25, 0.3) is 6.08 Å². The third-order valence-electron chi connectivity index (χ3n) is 7.56. The van der Waals surface area contributed by atoms with Gasteiger partial charge in [0, 0.05) is 19.3 Å². The maximum Gasteiger partial charge on any atom is 0.309 e. The molecular formula is C28H43NO5. The molecular weight excluding hydrogens is 430 g/mol. The van der Waals surface area contributed by atoms with E-state index in [2.05, 4.69) is 31.0 Å². The highest BCUT2D eigenvalue weighted by molar-refractivity contribution is 5.87. The minimum atomic E-state index is -1.12. The number of rotatable bonds is 2. The van der Waals surface area contributed by atoms with Gasteiger partial charge >= 0.3 is 5.97 Å². The van der Waals surface area contributed by atoms with E-state index in [0.717, 1.165) is 24.8 Å². The summed E-state index contributed by atoms with van der Waals surface area (Å²) in [5, 5.41) is 10.9. The lowest BCUT2D eigenvalue weighted by Gasteiger charge is -2.35. The van der Waals surface area contributed by atoms with E-state index in [1.54, 1.807) is 20.8 Å². The Morgan fingerprint density at radius 2 is 1.85 bits per heavy atom. The summed E-state index contributed by atoms with van der Waals surface area (Å²) in [6, 6.07) is 0. The number of ether oxygens (including phenoxy) is 1. The van der Waals surface area contributed by atoms with Crippen LogP contribution in [0.2, 0.25) is 0 Å². The van der Waals surface area contributed by atoms with Crippen LogP contribution >= 0.6 is 0 Å². The Kier molecular flexibility index (Phi) is 9.86. The molecule has 6 heteroatoms. The van der Waals surface area contributed by atoms with Gasteiger partial charge < -0.3 is 14.3 Å². The SMILES string of the molecule is C/C(=C\c1nc(C)oc1C)[C@@H]1C/C=C\CCC[C@H](C)[C@H](C)[C@@H](C)C(=O)C(C)(C)[C@@H](O)CC(=O)O1. The lowest BCUT2D eigenvalue weighted by atomic mass is 9.70. The summed E-state index contributed by atoms with van der Waals surface area (Å²) in [5.74, 6) is 1.15. The summed E-state index contributed by atoms with van der Waals surface area (Å²) in [4.78, 5) is 30.5. The van der Waals surface area contributed by atoms with Crippen molar-refractivity contribution < 1.29 is 23.8 Å². The summed E-state index contributed by atoms with van der Waals surface area (Å²) in [7, 11) is 0. The van der Waals surface area contributed by atoms with Crippen LogP contribution in [0.15, 0.2) is 22.1 Å². The zero-order chi connectivity index (χ0) is 25.6. The molecule has 1 aliphatic heterocycles. The molecule has 0 saturated carbocycles. The zero-order valence-corrected chi connectivity index (χ0v) is 22.2. The number of oxazole rings is 1. The molecule has 0 saturated heterocycles. The second kappa shape index (κ2) is 12.0. The molecule has 5 atom stereocenters. The van der Waals surface area contributed by atoms with Gasteiger partial charge in [-0.1, -0.05) is 53.2 Å². The van der Waals surface area contributed by atoms with Crippen molar-refractivity contribution in [2.24, 2.45) is 23.2 Å². The number of carbonyl (C=O) groups is 2. The number of allylic oxidation sites excluding steroid dienone is 1. The van der Waals surface area contributed by atoms with Gasteiger partial charge in [0.2, 0.25) is 0 Å². The Labute approximate surface area is 204 Å². The van der Waals surface area contributed by atoms with Gasteiger partial charge in [0.05, 0.1) is 17.9 Å². The molecule has 0 unspecified atom stereocenters. The first-order chi connectivity index (χ1) is 15.8. The molecule has 0 radical (unpaired) electrons. The van der Waals surface area contributed by atoms with Crippen LogP contribution in [0.4, 0.5) is 0 Å². The fourth-order valence-electron chi connectivity index (χ4n) is 4.58. The summed E-state index contributed by atoms with van der Waals surface area (Å²) >= 11 is 0. The van der Waals surface area contributed by atoms with Crippen molar-refractivity contribution in [3.63, 3.8) is 0 Å². The van der Waals surface area contributed by atoms with Crippen LogP contribution in [0.1, 0.15) is 91.0 Å². The number of Topliss-reactive ketones (excluding diaryl/α,β-unsaturated/α-hetero) is 1. The summed E-state index contributed by atoms with van der Waals surface area (Å²) in [5.41, 5.74) is 0.515. The number of aliphatic hydroxyl groups excluding tert-OH is 1. The van der Waals surface area contributed by atoms with Crippen molar-refractivity contribution in [3.05, 3.63) is 35.1 Å². The van der Waals surface area contributed by atoms with E-state index in [1.165, 1.54) is 0 Å². The molecule has 0 aliphatic carbocycles. The largest absolute Gasteiger partial charge is 0.457 e. The van der Waals surface area contributed by atoms with Gasteiger partial charge in [0.1, 0.15) is 23.3 Å². The predicted molar refractivity (Wildman–Crippen MR) is 134 cm³/mol. The van der Waals surface area contributed by atoms with Gasteiger partial charge in [-0.15, -0.1) is 0 Å². The van der Waals surface area contributed by atoms with Crippen molar-refractivity contribution in [1.82, 2.24) is 4.98 Å². The second-order valence-corrected chi connectivity index (χ2v) is 10.6. The third-order valence-corrected chi connectivity index (χ3v) is 7.56. The highest BCUT2D eigenvalue weighted by atomic mass is 16.5. The third kappa shape index (κ3) is 7.14. The van der Waals surface area contributed by atoms with E-state index < -0.39 is 23.6 Å². The molecule has 1 aliphatic rings. The number of hydrogen-bond donors (Lipinski definition) is 1. The van der Waals surface area contributed by atoms with Crippen LogP contribution in [0.3, 0.4) is 0 Å². The van der Waals surface area contributed by atoms with Crippen molar-refractivity contribution in [3.8, 4) is 0 Å². The molecule has 34 heavy (non-hydrogen) atoms. The maximum atomic E-state index is 13.3. The quantitative estimate of drug-likeness (QED) is 0.419. The van der Waals surface area contributed by atoms with E-state index in [0.29, 0.717) is 29.7 Å². The first-order valence-electron chi connectivity index (χ1n) is 12.5. The van der Waals surface area contributed by atoms with Crippen molar-refractivity contribution >= 4 is 17.8 Å². The first-order valence-corrected chi connectivity index (χ1v) is 12.5. The number of aryl methyl sites for hydroxylation is 2. The average molecular weight is 474 g/mol. The highest BCUT2D eigenvalue weighted by Gasteiger charge is 2.41. The number of cyclic esters (lactones) is 1. The van der Waals surface area contributed by atoms with E-state index >= 15 is 0 Å². The topological polar surface area (TPSA) is 89.6 Å². The number of carbonyl (C=O) groups excluding carboxylic acids is 2. The zero-order valence-electron chi connectivity index (χ0n) is 22.2. The Balaban J connectivity index is 2.30. The fourth-order valence-corrected chi connectivity index (χ4v) is 4.58. The summed E-state index contributed by atoms with van der Waals surface area (Å²) in [6.45, 7) is 15.3. The summed E-state index contributed by atoms with van der Waals surface area (Å²) in [6.07, 6.45) is 7.77. The van der Waals surface area contributed by atoms with E-state index in [4.69, 9.17) is 9.15 Å². The van der Waals surface area contributed by atoms with E-state index in [-0.39, 0.29) is 24.0 Å². The molecule has 190 valence electrons. The van der Waals surface area contributed by atoms with Crippen LogP contribution in [-0.4, -0.2) is 34.1 Å². The lowest BCUT2D eigenvalue weighted by molar-refractivity contribution is -0.153. The molecule has 1 aromatic heterocycles. The smallest absolute Gasteiger partial charge is 0.309 e. The molecule has 0 amide bonds. The van der Waals surface area contributed by atoms with Crippen molar-refractivity contribution in [2.45, 2.75) is 99.7 Å². The number of nitrogens with zero attached hydrogens (tertiary/aromatic N) is 1. The fraction of sp³-hybridized carbons (Fsp3) is 0.679. The molecule has 2 rings (SSSR count). The minimum Gasteiger partial charge on any atom is -0.457 e. The molecule has 0 spiro atoms. The Morgan fingerprint density at radius 3 is 2.47 bits per heavy atom. The second-order valence-electron chi connectivity index (χ2n) is 10.6. The van der Waals surface area contributed by atoms with Gasteiger partial charge in [0.25, 0.3) is 0 Å². The first kappa shape index (κ1) is 28.0. The number of hydrogen-bond acceptors (Lipinski definition) is 6. The molecule has 1 N–H and O–H groups in total. The van der Waals surface area contributed by atoms with Crippen LogP contribution in [0, 0.1) is 37.0 Å².